The average molecular weight is 434 g/mol. The number of carbonyl (C=O) groups excluding carboxylic acids is 1. The van der Waals surface area contributed by atoms with Crippen molar-refractivity contribution in [3.8, 4) is 5.75 Å². The number of hydrogen-bond donors (Lipinski definition) is 3. The molecule has 0 bridgehead atoms. The summed E-state index contributed by atoms with van der Waals surface area (Å²) in [4.78, 5) is 15.0. The Morgan fingerprint density at radius 2 is 1.84 bits per heavy atom. The molecule has 2 fully saturated rings. The third kappa shape index (κ3) is 4.97. The second kappa shape index (κ2) is 9.35. The van der Waals surface area contributed by atoms with Gasteiger partial charge in [0.05, 0.1) is 0 Å². The topological polar surface area (TPSA) is 77.7 Å². The van der Waals surface area contributed by atoms with Crippen LogP contribution in [-0.2, 0) is 13.0 Å². The van der Waals surface area contributed by atoms with E-state index in [2.05, 4.69) is 27.7 Å². The summed E-state index contributed by atoms with van der Waals surface area (Å²) < 4.78 is 5.81. The van der Waals surface area contributed by atoms with Gasteiger partial charge in [-0.1, -0.05) is 18.2 Å². The number of phenols is 1. The summed E-state index contributed by atoms with van der Waals surface area (Å²) in [6, 6.07) is 15.9. The maximum absolute atomic E-state index is 12.5. The third-order valence-electron chi connectivity index (χ3n) is 6.77. The van der Waals surface area contributed by atoms with E-state index in [-0.39, 0.29) is 11.9 Å². The summed E-state index contributed by atoms with van der Waals surface area (Å²) >= 11 is 0. The number of hydrogen-bond acceptors (Lipinski definition) is 5. The molecule has 0 saturated carbocycles. The van der Waals surface area contributed by atoms with Crippen LogP contribution in [-0.4, -0.2) is 48.1 Å². The Hall–Kier alpha value is -2.83. The number of carbonyl (C=O) groups is 1. The summed E-state index contributed by atoms with van der Waals surface area (Å²) in [5, 5.41) is 16.8. The van der Waals surface area contributed by atoms with Gasteiger partial charge in [-0.25, -0.2) is 0 Å². The fraction of sp³-hybridized carbons (Fsp3) is 0.423. The van der Waals surface area contributed by atoms with Crippen LogP contribution in [0.15, 0.2) is 52.9 Å². The van der Waals surface area contributed by atoms with E-state index >= 15 is 0 Å². The lowest BCUT2D eigenvalue weighted by atomic mass is 9.89. The number of piperidine rings is 1. The highest BCUT2D eigenvalue weighted by molar-refractivity contribution is 5.96. The molecule has 2 aliphatic heterocycles. The standard InChI is InChI=1S/C26H31N3O3/c30-23-4-1-19(2-5-23)17-29-11-8-18(9-12-29)13-20-3-6-24-21(14-20)15-25(32-24)26(31)28-22-7-10-27-16-22/h1-6,14-15,18,22,27,30H,7-13,16-17H2,(H,28,31). The Bertz CT molecular complexity index is 1060. The molecular formula is C26H31N3O3. The summed E-state index contributed by atoms with van der Waals surface area (Å²) in [5.41, 5.74) is 3.32. The van der Waals surface area contributed by atoms with Crippen LogP contribution in [0.5, 0.6) is 5.75 Å². The van der Waals surface area contributed by atoms with Gasteiger partial charge in [0, 0.05) is 24.5 Å². The maximum atomic E-state index is 12.5. The number of likely N-dealkylation sites (tertiary alicyclic amines) is 1. The molecule has 2 aromatic carbocycles. The average Bonchev–Trinajstić information content (AvgIpc) is 3.46. The lowest BCUT2D eigenvalue weighted by Gasteiger charge is -2.32. The van der Waals surface area contributed by atoms with E-state index in [9.17, 15) is 9.90 Å². The minimum absolute atomic E-state index is 0.127. The minimum atomic E-state index is -0.127. The zero-order valence-corrected chi connectivity index (χ0v) is 18.3. The molecule has 0 radical (unpaired) electrons. The first kappa shape index (κ1) is 21.0. The van der Waals surface area contributed by atoms with E-state index in [1.54, 1.807) is 12.1 Å². The number of aromatic hydroxyl groups is 1. The van der Waals surface area contributed by atoms with Gasteiger partial charge in [-0.05, 0) is 92.7 Å². The first-order valence-corrected chi connectivity index (χ1v) is 11.7. The van der Waals surface area contributed by atoms with Crippen LogP contribution in [0, 0.1) is 5.92 Å². The molecule has 0 aliphatic carbocycles. The lowest BCUT2D eigenvalue weighted by molar-refractivity contribution is 0.0914. The van der Waals surface area contributed by atoms with Gasteiger partial charge < -0.3 is 20.2 Å². The molecular weight excluding hydrogens is 402 g/mol. The zero-order chi connectivity index (χ0) is 21.9. The van der Waals surface area contributed by atoms with Crippen molar-refractivity contribution >= 4 is 16.9 Å². The number of nitrogens with zero attached hydrogens (tertiary/aromatic N) is 1. The Kier molecular flexibility index (Phi) is 6.14. The second-order valence-electron chi connectivity index (χ2n) is 9.24. The molecule has 168 valence electrons. The fourth-order valence-electron chi connectivity index (χ4n) is 4.91. The summed E-state index contributed by atoms with van der Waals surface area (Å²) in [6.45, 7) is 4.91. The molecule has 3 heterocycles. The van der Waals surface area contributed by atoms with Gasteiger partial charge >= 0.3 is 0 Å². The van der Waals surface area contributed by atoms with Crippen molar-refractivity contribution in [3.63, 3.8) is 0 Å². The molecule has 3 aromatic rings. The van der Waals surface area contributed by atoms with E-state index in [0.717, 1.165) is 56.5 Å². The van der Waals surface area contributed by atoms with Crippen LogP contribution >= 0.6 is 0 Å². The minimum Gasteiger partial charge on any atom is -0.508 e. The van der Waals surface area contributed by atoms with Gasteiger partial charge in [0.2, 0.25) is 0 Å². The predicted octanol–water partition coefficient (Wildman–Crippen LogP) is 3.68. The van der Waals surface area contributed by atoms with Crippen molar-refractivity contribution in [1.29, 1.82) is 0 Å². The van der Waals surface area contributed by atoms with Crippen molar-refractivity contribution in [3.05, 3.63) is 65.4 Å². The van der Waals surface area contributed by atoms with E-state index in [1.165, 1.54) is 24.0 Å². The van der Waals surface area contributed by atoms with Crippen LogP contribution in [0.25, 0.3) is 11.0 Å². The summed E-state index contributed by atoms with van der Waals surface area (Å²) in [6.07, 6.45) is 4.39. The highest BCUT2D eigenvalue weighted by Gasteiger charge is 2.22. The molecule has 1 unspecified atom stereocenters. The highest BCUT2D eigenvalue weighted by atomic mass is 16.3. The first-order chi connectivity index (χ1) is 15.6. The number of nitrogens with one attached hydrogen (secondary N) is 2. The predicted molar refractivity (Wildman–Crippen MR) is 125 cm³/mol. The van der Waals surface area contributed by atoms with Gasteiger partial charge in [0.25, 0.3) is 5.91 Å². The first-order valence-electron chi connectivity index (χ1n) is 11.7. The Labute approximate surface area is 188 Å². The monoisotopic (exact) mass is 433 g/mol. The largest absolute Gasteiger partial charge is 0.508 e. The number of fused-ring (bicyclic) bond motifs is 1. The molecule has 3 N–H and O–H groups in total. The van der Waals surface area contributed by atoms with Crippen molar-refractivity contribution in [2.45, 2.75) is 38.3 Å². The van der Waals surface area contributed by atoms with E-state index in [1.807, 2.05) is 24.3 Å². The lowest BCUT2D eigenvalue weighted by Crippen LogP contribution is -2.35. The SMILES string of the molecule is O=C(NC1CCNC1)c1cc2cc(CC3CCN(Cc4ccc(O)cc4)CC3)ccc2o1. The van der Waals surface area contributed by atoms with Gasteiger partial charge in [0.1, 0.15) is 11.3 Å². The molecule has 5 rings (SSSR count). The molecule has 2 saturated heterocycles. The maximum Gasteiger partial charge on any atom is 0.287 e. The van der Waals surface area contributed by atoms with Crippen LogP contribution in [0.2, 0.25) is 0 Å². The molecule has 1 aromatic heterocycles. The van der Waals surface area contributed by atoms with Crippen molar-refractivity contribution < 1.29 is 14.3 Å². The highest BCUT2D eigenvalue weighted by Crippen LogP contribution is 2.26. The van der Waals surface area contributed by atoms with Gasteiger partial charge in [-0.2, -0.15) is 0 Å². The quantitative estimate of drug-likeness (QED) is 0.553. The van der Waals surface area contributed by atoms with Crippen molar-refractivity contribution in [1.82, 2.24) is 15.5 Å². The molecule has 32 heavy (non-hydrogen) atoms. The third-order valence-corrected chi connectivity index (χ3v) is 6.77. The molecule has 6 nitrogen and oxygen atoms in total. The van der Waals surface area contributed by atoms with Crippen LogP contribution in [0.4, 0.5) is 0 Å². The smallest absolute Gasteiger partial charge is 0.287 e. The van der Waals surface area contributed by atoms with Gasteiger partial charge in [-0.15, -0.1) is 0 Å². The number of phenolic OH excluding ortho intramolecular Hbond substituents is 1. The number of amides is 1. The van der Waals surface area contributed by atoms with Crippen molar-refractivity contribution in [2.24, 2.45) is 5.92 Å². The summed E-state index contributed by atoms with van der Waals surface area (Å²) in [7, 11) is 0. The Balaban J connectivity index is 1.16. The van der Waals surface area contributed by atoms with Crippen LogP contribution < -0.4 is 10.6 Å². The Morgan fingerprint density at radius 3 is 2.59 bits per heavy atom. The van der Waals surface area contributed by atoms with Gasteiger partial charge in [-0.3, -0.25) is 9.69 Å². The number of benzene rings is 2. The van der Waals surface area contributed by atoms with Crippen molar-refractivity contribution in [2.75, 3.05) is 26.2 Å². The fourth-order valence-corrected chi connectivity index (χ4v) is 4.91. The number of rotatable bonds is 6. The zero-order valence-electron chi connectivity index (χ0n) is 18.3. The molecule has 6 heteroatoms. The molecule has 0 spiro atoms. The van der Waals surface area contributed by atoms with E-state index < -0.39 is 0 Å². The van der Waals surface area contributed by atoms with E-state index in [4.69, 9.17) is 4.42 Å². The Morgan fingerprint density at radius 1 is 1.06 bits per heavy atom. The van der Waals surface area contributed by atoms with Crippen LogP contribution in [0.1, 0.15) is 40.9 Å². The second-order valence-corrected chi connectivity index (χ2v) is 9.24. The van der Waals surface area contributed by atoms with E-state index in [0.29, 0.717) is 17.4 Å². The summed E-state index contributed by atoms with van der Waals surface area (Å²) in [5.74, 6) is 1.26. The van der Waals surface area contributed by atoms with Crippen LogP contribution in [0.3, 0.4) is 0 Å². The van der Waals surface area contributed by atoms with Gasteiger partial charge in [0.15, 0.2) is 5.76 Å². The number of furan rings is 1. The molecule has 2 aliphatic rings. The molecule has 1 atom stereocenters. The molecule has 1 amide bonds. The normalized spacial score (nSPS) is 20.1.